The van der Waals surface area contributed by atoms with Crippen LogP contribution >= 0.6 is 0 Å². The first-order valence-electron chi connectivity index (χ1n) is 9.49. The Kier molecular flexibility index (Phi) is 4.33. The van der Waals surface area contributed by atoms with Crippen molar-refractivity contribution in [3.05, 3.63) is 67.1 Å². The van der Waals surface area contributed by atoms with E-state index in [4.69, 9.17) is 4.74 Å². The van der Waals surface area contributed by atoms with E-state index in [1.807, 2.05) is 64.9 Å². The summed E-state index contributed by atoms with van der Waals surface area (Å²) in [6.07, 6.45) is 9.50. The lowest BCUT2D eigenvalue weighted by Crippen LogP contribution is -2.26. The van der Waals surface area contributed by atoms with Crippen molar-refractivity contribution in [3.8, 4) is 11.3 Å². The molecular formula is C21H20N6O2. The molecule has 4 aromatic rings. The maximum Gasteiger partial charge on any atom is 0.234 e. The Morgan fingerprint density at radius 1 is 1.17 bits per heavy atom. The van der Waals surface area contributed by atoms with Gasteiger partial charge in [0.05, 0.1) is 11.6 Å². The second kappa shape index (κ2) is 7.14. The number of carbonyl (C=O) groups is 1. The predicted molar refractivity (Wildman–Crippen MR) is 107 cm³/mol. The van der Waals surface area contributed by atoms with Gasteiger partial charge in [-0.25, -0.2) is 15.0 Å². The highest BCUT2D eigenvalue weighted by Gasteiger charge is 2.37. The molecule has 3 aromatic heterocycles. The molecule has 8 nitrogen and oxygen atoms in total. The van der Waals surface area contributed by atoms with Gasteiger partial charge in [-0.3, -0.25) is 9.20 Å². The van der Waals surface area contributed by atoms with Crippen molar-refractivity contribution in [1.29, 1.82) is 0 Å². The molecule has 1 saturated heterocycles. The molecule has 4 heterocycles. The first-order chi connectivity index (χ1) is 14.2. The van der Waals surface area contributed by atoms with Crippen molar-refractivity contribution in [1.82, 2.24) is 23.9 Å². The molecule has 2 atom stereocenters. The average Bonchev–Trinajstić information content (AvgIpc) is 3.47. The smallest absolute Gasteiger partial charge is 0.234 e. The Balaban J connectivity index is 1.31. The molecule has 0 aliphatic carbocycles. The van der Waals surface area contributed by atoms with E-state index in [2.05, 4.69) is 20.3 Å². The number of nitrogens with one attached hydrogen (secondary N) is 1. The summed E-state index contributed by atoms with van der Waals surface area (Å²) in [4.78, 5) is 26.0. The van der Waals surface area contributed by atoms with E-state index in [1.54, 1.807) is 12.4 Å². The van der Waals surface area contributed by atoms with Crippen molar-refractivity contribution < 1.29 is 9.53 Å². The van der Waals surface area contributed by atoms with Crippen LogP contribution in [0.3, 0.4) is 0 Å². The number of anilines is 1. The Hall–Kier alpha value is -3.52. The van der Waals surface area contributed by atoms with Crippen molar-refractivity contribution in [2.45, 2.75) is 12.5 Å². The number of benzene rings is 1. The molecule has 146 valence electrons. The van der Waals surface area contributed by atoms with Gasteiger partial charge in [-0.15, -0.1) is 0 Å². The molecule has 0 unspecified atom stereocenters. The van der Waals surface area contributed by atoms with Crippen LogP contribution in [0.2, 0.25) is 0 Å². The second-order valence-electron chi connectivity index (χ2n) is 7.10. The highest BCUT2D eigenvalue weighted by Crippen LogP contribution is 2.34. The van der Waals surface area contributed by atoms with Gasteiger partial charge in [0.1, 0.15) is 11.9 Å². The number of fused-ring (bicyclic) bond motifs is 1. The fourth-order valence-electron chi connectivity index (χ4n) is 3.69. The highest BCUT2D eigenvalue weighted by atomic mass is 16.5. The van der Waals surface area contributed by atoms with E-state index in [-0.39, 0.29) is 17.9 Å². The van der Waals surface area contributed by atoms with Gasteiger partial charge in [0.2, 0.25) is 11.7 Å². The third-order valence-electron chi connectivity index (χ3n) is 5.23. The van der Waals surface area contributed by atoms with Crippen LogP contribution in [-0.2, 0) is 16.6 Å². The number of amides is 1. The van der Waals surface area contributed by atoms with Gasteiger partial charge in [-0.2, -0.15) is 0 Å². The fraction of sp³-hybridized carbons (Fsp3) is 0.238. The molecule has 0 radical (unpaired) electrons. The molecule has 8 heteroatoms. The molecule has 0 bridgehead atoms. The lowest BCUT2D eigenvalue weighted by molar-refractivity contribution is -0.121. The zero-order valence-corrected chi connectivity index (χ0v) is 15.9. The summed E-state index contributed by atoms with van der Waals surface area (Å²) in [6.45, 7) is 0.552. The van der Waals surface area contributed by atoms with Crippen LogP contribution < -0.4 is 5.32 Å². The summed E-state index contributed by atoms with van der Waals surface area (Å²) >= 11 is 0. The normalized spacial score (nSPS) is 18.9. The minimum atomic E-state index is -0.320. The molecule has 1 fully saturated rings. The Morgan fingerprint density at radius 2 is 2.03 bits per heavy atom. The van der Waals surface area contributed by atoms with Crippen molar-refractivity contribution in [3.63, 3.8) is 0 Å². The Labute approximate surface area is 167 Å². The topological polar surface area (TPSA) is 86.3 Å². The molecule has 1 aliphatic rings. The van der Waals surface area contributed by atoms with Gasteiger partial charge in [0.15, 0.2) is 0 Å². The molecule has 0 saturated carbocycles. The van der Waals surface area contributed by atoms with E-state index in [1.165, 1.54) is 0 Å². The summed E-state index contributed by atoms with van der Waals surface area (Å²) in [6, 6.07) is 9.52. The molecule has 1 aromatic carbocycles. The quantitative estimate of drug-likeness (QED) is 0.581. The van der Waals surface area contributed by atoms with Crippen LogP contribution in [0, 0.1) is 5.92 Å². The molecule has 1 amide bonds. The van der Waals surface area contributed by atoms with Gasteiger partial charge in [0, 0.05) is 55.9 Å². The summed E-state index contributed by atoms with van der Waals surface area (Å²) in [5, 5.41) is 3.01. The second-order valence-corrected chi connectivity index (χ2v) is 7.10. The zero-order chi connectivity index (χ0) is 19.8. The van der Waals surface area contributed by atoms with Crippen LogP contribution in [0.15, 0.2) is 61.3 Å². The van der Waals surface area contributed by atoms with E-state index >= 15 is 0 Å². The van der Waals surface area contributed by atoms with E-state index < -0.39 is 0 Å². The molecular weight excluding hydrogens is 368 g/mol. The third-order valence-corrected chi connectivity index (χ3v) is 5.23. The number of ether oxygens (including phenoxy) is 1. The third kappa shape index (κ3) is 3.27. The zero-order valence-electron chi connectivity index (χ0n) is 15.9. The standard InChI is InChI=1S/C21H20N6O2/c1-26-11-9-22-19(26)18-16(7-12-29-18)20(28)24-15-5-3-14(4-6-15)17-13-27-10-2-8-23-21(27)25-17/h2-6,8-11,13,16,18H,7,12H2,1H3,(H,24,28)/t16-,18-/m1/s1. The predicted octanol–water partition coefficient (Wildman–Crippen LogP) is 2.85. The minimum absolute atomic E-state index is 0.0554. The Bertz CT molecular complexity index is 1130. The number of hydrogen-bond acceptors (Lipinski definition) is 5. The van der Waals surface area contributed by atoms with Crippen LogP contribution in [0.5, 0.6) is 0 Å². The molecule has 1 aliphatic heterocycles. The SMILES string of the molecule is Cn1ccnc1[C@@H]1OCC[C@H]1C(=O)Nc1ccc(-c2cn3cccnc3n2)cc1. The average molecular weight is 388 g/mol. The molecule has 0 spiro atoms. The van der Waals surface area contributed by atoms with E-state index in [0.29, 0.717) is 18.8 Å². The number of imidazole rings is 2. The van der Waals surface area contributed by atoms with E-state index in [0.717, 1.165) is 22.8 Å². The molecule has 29 heavy (non-hydrogen) atoms. The highest BCUT2D eigenvalue weighted by molar-refractivity contribution is 5.93. The van der Waals surface area contributed by atoms with Crippen molar-refractivity contribution in [2.24, 2.45) is 13.0 Å². The van der Waals surface area contributed by atoms with Crippen LogP contribution in [-0.4, -0.2) is 36.4 Å². The lowest BCUT2D eigenvalue weighted by Gasteiger charge is -2.18. The maximum absolute atomic E-state index is 12.9. The van der Waals surface area contributed by atoms with Gasteiger partial charge >= 0.3 is 0 Å². The van der Waals surface area contributed by atoms with Crippen LogP contribution in [0.25, 0.3) is 17.0 Å². The monoisotopic (exact) mass is 388 g/mol. The summed E-state index contributed by atoms with van der Waals surface area (Å²) in [7, 11) is 1.91. The first kappa shape index (κ1) is 17.6. The number of carbonyl (C=O) groups excluding carboxylic acids is 1. The summed E-state index contributed by atoms with van der Waals surface area (Å²) < 4.78 is 9.57. The molecule has 1 N–H and O–H groups in total. The van der Waals surface area contributed by atoms with Crippen LogP contribution in [0.4, 0.5) is 5.69 Å². The number of aromatic nitrogens is 5. The van der Waals surface area contributed by atoms with Gasteiger partial charge in [-0.1, -0.05) is 12.1 Å². The summed E-state index contributed by atoms with van der Waals surface area (Å²) in [5.41, 5.74) is 2.54. The van der Waals surface area contributed by atoms with Gasteiger partial charge in [0.25, 0.3) is 0 Å². The Morgan fingerprint density at radius 3 is 2.79 bits per heavy atom. The van der Waals surface area contributed by atoms with Crippen molar-refractivity contribution >= 4 is 17.4 Å². The number of nitrogens with zero attached hydrogens (tertiary/aromatic N) is 5. The van der Waals surface area contributed by atoms with Crippen LogP contribution in [0.1, 0.15) is 18.3 Å². The van der Waals surface area contributed by atoms with Gasteiger partial charge in [-0.05, 0) is 24.6 Å². The van der Waals surface area contributed by atoms with Crippen molar-refractivity contribution in [2.75, 3.05) is 11.9 Å². The minimum Gasteiger partial charge on any atom is -0.369 e. The number of hydrogen-bond donors (Lipinski definition) is 1. The number of rotatable bonds is 4. The molecule has 5 rings (SSSR count). The largest absolute Gasteiger partial charge is 0.369 e. The van der Waals surface area contributed by atoms with E-state index in [9.17, 15) is 4.79 Å². The summed E-state index contributed by atoms with van der Waals surface area (Å²) in [5.74, 6) is 1.11. The fourth-order valence-corrected chi connectivity index (χ4v) is 3.69. The van der Waals surface area contributed by atoms with Gasteiger partial charge < -0.3 is 14.6 Å². The maximum atomic E-state index is 12.9. The number of aryl methyl sites for hydroxylation is 1. The first-order valence-corrected chi connectivity index (χ1v) is 9.49. The lowest BCUT2D eigenvalue weighted by atomic mass is 9.99.